The number of rotatable bonds is 4. The Balaban J connectivity index is 2.92. The average molecular weight is 213 g/mol. The van der Waals surface area contributed by atoms with Gasteiger partial charge in [-0.15, -0.1) is 0 Å². The van der Waals surface area contributed by atoms with Crippen molar-refractivity contribution in [3.63, 3.8) is 0 Å². The Morgan fingerprint density at radius 3 is 2.93 bits per heavy atom. The van der Waals surface area contributed by atoms with Gasteiger partial charge in [-0.2, -0.15) is 5.10 Å². The SMILES string of the molecule is CC[C@@H](C(=O)NN)n1cc([N+](=O)[O-])cn1. The number of nitrogens with one attached hydrogen (secondary N) is 1. The molecule has 0 radical (unpaired) electrons. The highest BCUT2D eigenvalue weighted by Gasteiger charge is 2.20. The first-order chi connectivity index (χ1) is 7.10. The maximum atomic E-state index is 11.3. The topological polar surface area (TPSA) is 116 Å². The molecule has 0 aliphatic carbocycles. The zero-order valence-electron chi connectivity index (χ0n) is 8.08. The zero-order chi connectivity index (χ0) is 11.4. The second kappa shape index (κ2) is 4.51. The van der Waals surface area contributed by atoms with E-state index in [-0.39, 0.29) is 5.69 Å². The van der Waals surface area contributed by atoms with Gasteiger partial charge in [0.05, 0.1) is 4.92 Å². The Morgan fingerprint density at radius 2 is 2.53 bits per heavy atom. The molecule has 1 heterocycles. The Kier molecular flexibility index (Phi) is 3.34. The van der Waals surface area contributed by atoms with E-state index in [0.29, 0.717) is 6.42 Å². The number of hydrazine groups is 1. The normalized spacial score (nSPS) is 12.1. The van der Waals surface area contributed by atoms with Gasteiger partial charge >= 0.3 is 5.69 Å². The fourth-order valence-electron chi connectivity index (χ4n) is 1.18. The molecular formula is C7H11N5O3. The Morgan fingerprint density at radius 1 is 1.87 bits per heavy atom. The van der Waals surface area contributed by atoms with Gasteiger partial charge in [0.15, 0.2) is 0 Å². The monoisotopic (exact) mass is 213 g/mol. The van der Waals surface area contributed by atoms with Gasteiger partial charge in [0.1, 0.15) is 18.4 Å². The van der Waals surface area contributed by atoms with E-state index in [9.17, 15) is 14.9 Å². The molecule has 15 heavy (non-hydrogen) atoms. The summed E-state index contributed by atoms with van der Waals surface area (Å²) in [5.74, 6) is 4.54. The first-order valence-electron chi connectivity index (χ1n) is 4.29. The van der Waals surface area contributed by atoms with Crippen molar-refractivity contribution in [2.75, 3.05) is 0 Å². The van der Waals surface area contributed by atoms with Gasteiger partial charge in [0.25, 0.3) is 5.91 Å². The summed E-state index contributed by atoms with van der Waals surface area (Å²) in [6, 6.07) is -0.622. The van der Waals surface area contributed by atoms with E-state index in [1.165, 1.54) is 10.9 Å². The summed E-state index contributed by atoms with van der Waals surface area (Å²) in [5, 5.41) is 14.1. The quantitative estimate of drug-likeness (QED) is 0.309. The van der Waals surface area contributed by atoms with E-state index in [2.05, 4.69) is 5.10 Å². The van der Waals surface area contributed by atoms with Gasteiger partial charge in [-0.25, -0.2) is 5.84 Å². The highest BCUT2D eigenvalue weighted by atomic mass is 16.6. The summed E-state index contributed by atoms with van der Waals surface area (Å²) in [4.78, 5) is 21.1. The number of nitro groups is 1. The van der Waals surface area contributed by atoms with Crippen molar-refractivity contribution in [3.8, 4) is 0 Å². The minimum absolute atomic E-state index is 0.154. The molecule has 8 nitrogen and oxygen atoms in total. The average Bonchev–Trinajstić information content (AvgIpc) is 2.68. The third kappa shape index (κ3) is 2.29. The molecule has 0 saturated heterocycles. The standard InChI is InChI=1S/C7H11N5O3/c1-2-6(7(13)10-8)11-4-5(3-9-11)12(14)15/h3-4,6H,2,8H2,1H3,(H,10,13)/t6-/m0/s1. The molecule has 8 heteroatoms. The Hall–Kier alpha value is -1.96. The maximum absolute atomic E-state index is 11.3. The summed E-state index contributed by atoms with van der Waals surface area (Å²) >= 11 is 0. The molecule has 1 atom stereocenters. The van der Waals surface area contributed by atoms with Crippen LogP contribution in [0.1, 0.15) is 19.4 Å². The van der Waals surface area contributed by atoms with Gasteiger partial charge in [-0.3, -0.25) is 25.0 Å². The molecule has 3 N–H and O–H groups in total. The largest absolute Gasteiger partial charge is 0.307 e. The van der Waals surface area contributed by atoms with E-state index in [0.717, 1.165) is 6.20 Å². The van der Waals surface area contributed by atoms with Crippen LogP contribution in [-0.4, -0.2) is 20.6 Å². The van der Waals surface area contributed by atoms with Gasteiger partial charge in [-0.1, -0.05) is 6.92 Å². The number of hydrogen-bond acceptors (Lipinski definition) is 5. The van der Waals surface area contributed by atoms with Crippen LogP contribution in [0, 0.1) is 10.1 Å². The molecule has 82 valence electrons. The lowest BCUT2D eigenvalue weighted by molar-refractivity contribution is -0.385. The van der Waals surface area contributed by atoms with Crippen molar-refractivity contribution in [2.45, 2.75) is 19.4 Å². The summed E-state index contributed by atoms with van der Waals surface area (Å²) in [6.07, 6.45) is 2.73. The highest BCUT2D eigenvalue weighted by Crippen LogP contribution is 2.15. The lowest BCUT2D eigenvalue weighted by Crippen LogP contribution is -2.37. The third-order valence-corrected chi connectivity index (χ3v) is 1.95. The lowest BCUT2D eigenvalue weighted by Gasteiger charge is -2.12. The molecule has 0 unspecified atom stereocenters. The Labute approximate surface area is 85.2 Å². The number of carbonyl (C=O) groups is 1. The predicted octanol–water partition coefficient (Wildman–Crippen LogP) is -0.268. The second-order valence-corrected chi connectivity index (χ2v) is 2.87. The molecule has 1 rings (SSSR count). The molecule has 1 amide bonds. The molecule has 0 spiro atoms. The maximum Gasteiger partial charge on any atom is 0.307 e. The first kappa shape index (κ1) is 11.1. The highest BCUT2D eigenvalue weighted by molar-refractivity contribution is 5.79. The number of carbonyl (C=O) groups excluding carboxylic acids is 1. The van der Waals surface area contributed by atoms with Crippen molar-refractivity contribution < 1.29 is 9.72 Å². The van der Waals surface area contributed by atoms with E-state index < -0.39 is 16.9 Å². The van der Waals surface area contributed by atoms with E-state index in [1.807, 2.05) is 5.43 Å². The molecule has 0 fully saturated rings. The Bertz CT molecular complexity index is 374. The van der Waals surface area contributed by atoms with Crippen LogP contribution in [0.3, 0.4) is 0 Å². The number of hydrogen-bond donors (Lipinski definition) is 2. The molecule has 0 bridgehead atoms. The van der Waals surface area contributed by atoms with Crippen molar-refractivity contribution in [1.82, 2.24) is 15.2 Å². The summed E-state index contributed by atoms with van der Waals surface area (Å²) < 4.78 is 1.22. The smallest absolute Gasteiger partial charge is 0.292 e. The molecule has 0 aliphatic heterocycles. The fraction of sp³-hybridized carbons (Fsp3) is 0.429. The fourth-order valence-corrected chi connectivity index (χ4v) is 1.18. The molecule has 0 saturated carbocycles. The van der Waals surface area contributed by atoms with Gasteiger partial charge in [0.2, 0.25) is 0 Å². The van der Waals surface area contributed by atoms with E-state index in [1.54, 1.807) is 6.92 Å². The number of aromatic nitrogens is 2. The van der Waals surface area contributed by atoms with Crippen LogP contribution in [0.5, 0.6) is 0 Å². The van der Waals surface area contributed by atoms with Crippen LogP contribution >= 0.6 is 0 Å². The minimum Gasteiger partial charge on any atom is -0.292 e. The zero-order valence-corrected chi connectivity index (χ0v) is 8.08. The summed E-state index contributed by atoms with van der Waals surface area (Å²) in [6.45, 7) is 1.76. The minimum atomic E-state index is -0.622. The number of amides is 1. The van der Waals surface area contributed by atoms with Crippen LogP contribution in [0.2, 0.25) is 0 Å². The van der Waals surface area contributed by atoms with Crippen LogP contribution < -0.4 is 11.3 Å². The summed E-state index contributed by atoms with van der Waals surface area (Å²) in [7, 11) is 0. The van der Waals surface area contributed by atoms with Crippen molar-refractivity contribution >= 4 is 11.6 Å². The third-order valence-electron chi connectivity index (χ3n) is 1.95. The van der Waals surface area contributed by atoms with Gasteiger partial charge in [-0.05, 0) is 6.42 Å². The first-order valence-corrected chi connectivity index (χ1v) is 4.29. The van der Waals surface area contributed by atoms with Crippen molar-refractivity contribution in [3.05, 3.63) is 22.5 Å². The van der Waals surface area contributed by atoms with Crippen molar-refractivity contribution in [2.24, 2.45) is 5.84 Å². The van der Waals surface area contributed by atoms with E-state index >= 15 is 0 Å². The molecule has 1 aromatic heterocycles. The van der Waals surface area contributed by atoms with Gasteiger partial charge < -0.3 is 0 Å². The lowest BCUT2D eigenvalue weighted by atomic mass is 10.2. The van der Waals surface area contributed by atoms with Crippen molar-refractivity contribution in [1.29, 1.82) is 0 Å². The molecule has 0 aromatic carbocycles. The molecule has 0 aliphatic rings. The van der Waals surface area contributed by atoms with Crippen LogP contribution in [-0.2, 0) is 4.79 Å². The van der Waals surface area contributed by atoms with Crippen LogP contribution in [0.25, 0.3) is 0 Å². The second-order valence-electron chi connectivity index (χ2n) is 2.87. The number of nitrogens with zero attached hydrogens (tertiary/aromatic N) is 3. The van der Waals surface area contributed by atoms with E-state index in [4.69, 9.17) is 5.84 Å². The number of nitrogens with two attached hydrogens (primary N) is 1. The summed E-state index contributed by atoms with van der Waals surface area (Å²) in [5.41, 5.74) is 1.83. The molecule has 1 aromatic rings. The predicted molar refractivity (Wildman–Crippen MR) is 50.5 cm³/mol. The van der Waals surface area contributed by atoms with Crippen LogP contribution in [0.15, 0.2) is 12.4 Å². The molecular weight excluding hydrogens is 202 g/mol. The van der Waals surface area contributed by atoms with Crippen LogP contribution in [0.4, 0.5) is 5.69 Å². The van der Waals surface area contributed by atoms with Gasteiger partial charge in [0, 0.05) is 0 Å².